The van der Waals surface area contributed by atoms with Crippen LogP contribution >= 0.6 is 0 Å². The predicted molar refractivity (Wildman–Crippen MR) is 108 cm³/mol. The lowest BCUT2D eigenvalue weighted by Gasteiger charge is -2.42. The van der Waals surface area contributed by atoms with Gasteiger partial charge in [0.1, 0.15) is 0 Å². The number of hydrogen-bond acceptors (Lipinski definition) is 5. The van der Waals surface area contributed by atoms with Gasteiger partial charge in [0.25, 0.3) is 0 Å². The zero-order valence-corrected chi connectivity index (χ0v) is 16.7. The summed E-state index contributed by atoms with van der Waals surface area (Å²) in [6.45, 7) is 3.48. The molecule has 0 radical (unpaired) electrons. The lowest BCUT2D eigenvalue weighted by molar-refractivity contribution is -0.131. The van der Waals surface area contributed by atoms with Crippen molar-refractivity contribution >= 4 is 17.8 Å². The van der Waals surface area contributed by atoms with Crippen molar-refractivity contribution < 1.29 is 14.4 Å². The number of rotatable bonds is 6. The van der Waals surface area contributed by atoms with Gasteiger partial charge in [-0.15, -0.1) is 0 Å². The molecular formula is C20H30N6O3. The molecule has 158 valence electrons. The Balaban J connectivity index is 1.43. The van der Waals surface area contributed by atoms with E-state index in [9.17, 15) is 14.4 Å². The van der Waals surface area contributed by atoms with E-state index in [1.54, 1.807) is 11.1 Å². The number of hydrogen-bond donors (Lipinski definition) is 3. The van der Waals surface area contributed by atoms with Gasteiger partial charge in [0, 0.05) is 31.9 Å². The standard InChI is InChI=1S/C20H30N6O3/c21-20(29)24-13-18(27)25-10-6-17(7-11-25)26-9-3-4-15(14-26)19(28)23-12-16-5-1-2-8-22-16/h1-2,5,8,15,17H,3-4,6-7,9-14H2,(H,23,28)(H3,21,24,29). The summed E-state index contributed by atoms with van der Waals surface area (Å²) in [6.07, 6.45) is 5.39. The van der Waals surface area contributed by atoms with Crippen LogP contribution in [0.3, 0.4) is 0 Å². The van der Waals surface area contributed by atoms with Crippen LogP contribution in [-0.4, -0.2) is 71.4 Å². The smallest absolute Gasteiger partial charge is 0.312 e. The number of nitrogens with one attached hydrogen (secondary N) is 2. The second kappa shape index (κ2) is 10.2. The number of nitrogens with two attached hydrogens (primary N) is 1. The lowest BCUT2D eigenvalue weighted by Crippen LogP contribution is -2.52. The molecule has 2 fully saturated rings. The van der Waals surface area contributed by atoms with Gasteiger partial charge in [0.15, 0.2) is 0 Å². The zero-order chi connectivity index (χ0) is 20.6. The molecule has 1 unspecified atom stereocenters. The molecule has 0 aliphatic carbocycles. The molecule has 29 heavy (non-hydrogen) atoms. The van der Waals surface area contributed by atoms with Gasteiger partial charge in [-0.1, -0.05) is 6.07 Å². The van der Waals surface area contributed by atoms with E-state index in [1.807, 2.05) is 18.2 Å². The maximum Gasteiger partial charge on any atom is 0.312 e. The fourth-order valence-electron chi connectivity index (χ4n) is 4.13. The first-order chi connectivity index (χ1) is 14.0. The summed E-state index contributed by atoms with van der Waals surface area (Å²) in [7, 11) is 0. The number of pyridine rings is 1. The highest BCUT2D eigenvalue weighted by molar-refractivity contribution is 5.83. The summed E-state index contributed by atoms with van der Waals surface area (Å²) in [6, 6.07) is 5.38. The van der Waals surface area contributed by atoms with Gasteiger partial charge in [-0.2, -0.15) is 0 Å². The van der Waals surface area contributed by atoms with Gasteiger partial charge in [-0.05, 0) is 44.4 Å². The van der Waals surface area contributed by atoms with Crippen LogP contribution in [0.25, 0.3) is 0 Å². The summed E-state index contributed by atoms with van der Waals surface area (Å²) in [5.41, 5.74) is 5.88. The van der Waals surface area contributed by atoms with Crippen molar-refractivity contribution in [3.8, 4) is 0 Å². The van der Waals surface area contributed by atoms with Gasteiger partial charge in [-0.3, -0.25) is 19.5 Å². The molecule has 2 saturated heterocycles. The van der Waals surface area contributed by atoms with E-state index in [2.05, 4.69) is 20.5 Å². The lowest BCUT2D eigenvalue weighted by atomic mass is 9.93. The zero-order valence-electron chi connectivity index (χ0n) is 16.7. The molecule has 4 amide bonds. The van der Waals surface area contributed by atoms with Crippen LogP contribution in [0, 0.1) is 5.92 Å². The Morgan fingerprint density at radius 2 is 1.90 bits per heavy atom. The fraction of sp³-hybridized carbons (Fsp3) is 0.600. The molecule has 2 aliphatic rings. The van der Waals surface area contributed by atoms with Crippen molar-refractivity contribution in [2.75, 3.05) is 32.7 Å². The first-order valence-electron chi connectivity index (χ1n) is 10.3. The second-order valence-corrected chi connectivity index (χ2v) is 7.70. The molecule has 0 aromatic carbocycles. The van der Waals surface area contributed by atoms with Gasteiger partial charge in [0.05, 0.1) is 24.7 Å². The number of carbonyl (C=O) groups is 3. The number of piperidine rings is 2. The Hall–Kier alpha value is -2.68. The van der Waals surface area contributed by atoms with Gasteiger partial charge in [0.2, 0.25) is 11.8 Å². The van der Waals surface area contributed by atoms with Gasteiger partial charge in [-0.25, -0.2) is 4.79 Å². The summed E-state index contributed by atoms with van der Waals surface area (Å²) < 4.78 is 0. The van der Waals surface area contributed by atoms with Gasteiger partial charge < -0.3 is 21.3 Å². The summed E-state index contributed by atoms with van der Waals surface area (Å²) in [4.78, 5) is 43.9. The molecular weight excluding hydrogens is 372 g/mol. The molecule has 9 heteroatoms. The topological polar surface area (TPSA) is 121 Å². The number of carbonyl (C=O) groups excluding carboxylic acids is 3. The SMILES string of the molecule is NC(=O)NCC(=O)N1CCC(N2CCCC(C(=O)NCc3ccccn3)C2)CC1. The number of amides is 4. The maximum atomic E-state index is 12.6. The molecule has 3 rings (SSSR count). The van der Waals surface area contributed by atoms with Crippen molar-refractivity contribution in [1.82, 2.24) is 25.4 Å². The molecule has 2 aliphatic heterocycles. The van der Waals surface area contributed by atoms with Crippen LogP contribution in [0.2, 0.25) is 0 Å². The molecule has 1 aromatic rings. The summed E-state index contributed by atoms with van der Waals surface area (Å²) >= 11 is 0. The minimum Gasteiger partial charge on any atom is -0.352 e. The van der Waals surface area contributed by atoms with Crippen molar-refractivity contribution in [1.29, 1.82) is 0 Å². The van der Waals surface area contributed by atoms with E-state index in [0.29, 0.717) is 25.7 Å². The molecule has 0 spiro atoms. The Labute approximate surface area is 171 Å². The predicted octanol–water partition coefficient (Wildman–Crippen LogP) is 0.0691. The average molecular weight is 402 g/mol. The quantitative estimate of drug-likeness (QED) is 0.622. The van der Waals surface area contributed by atoms with E-state index in [1.165, 1.54) is 0 Å². The summed E-state index contributed by atoms with van der Waals surface area (Å²) in [5, 5.41) is 5.36. The summed E-state index contributed by atoms with van der Waals surface area (Å²) in [5.74, 6) is -0.0231. The average Bonchev–Trinajstić information content (AvgIpc) is 2.76. The third-order valence-corrected chi connectivity index (χ3v) is 5.74. The van der Waals surface area contributed by atoms with Crippen LogP contribution in [0.5, 0.6) is 0 Å². The van der Waals surface area contributed by atoms with Crippen LogP contribution in [-0.2, 0) is 16.1 Å². The third-order valence-electron chi connectivity index (χ3n) is 5.74. The Bertz CT molecular complexity index is 705. The second-order valence-electron chi connectivity index (χ2n) is 7.70. The highest BCUT2D eigenvalue weighted by Gasteiger charge is 2.32. The highest BCUT2D eigenvalue weighted by Crippen LogP contribution is 2.24. The maximum absolute atomic E-state index is 12.6. The van der Waals surface area contributed by atoms with Crippen LogP contribution in [0.15, 0.2) is 24.4 Å². The van der Waals surface area contributed by atoms with E-state index >= 15 is 0 Å². The third kappa shape index (κ3) is 6.15. The Morgan fingerprint density at radius 3 is 2.59 bits per heavy atom. The van der Waals surface area contributed by atoms with Crippen molar-refractivity contribution in [2.45, 2.75) is 38.3 Å². The monoisotopic (exact) mass is 402 g/mol. The molecule has 0 bridgehead atoms. The van der Waals surface area contributed by atoms with E-state index in [-0.39, 0.29) is 24.3 Å². The number of aromatic nitrogens is 1. The molecule has 0 saturated carbocycles. The number of nitrogens with zero attached hydrogens (tertiary/aromatic N) is 3. The first kappa shape index (κ1) is 21.0. The largest absolute Gasteiger partial charge is 0.352 e. The van der Waals surface area contributed by atoms with E-state index in [4.69, 9.17) is 5.73 Å². The van der Waals surface area contributed by atoms with E-state index in [0.717, 1.165) is 44.5 Å². The highest BCUT2D eigenvalue weighted by atomic mass is 16.2. The number of likely N-dealkylation sites (tertiary alicyclic amines) is 2. The molecule has 1 aromatic heterocycles. The van der Waals surface area contributed by atoms with Crippen molar-refractivity contribution in [2.24, 2.45) is 11.7 Å². The minimum atomic E-state index is -0.686. The molecule has 3 heterocycles. The molecule has 4 N–H and O–H groups in total. The van der Waals surface area contributed by atoms with Crippen molar-refractivity contribution in [3.05, 3.63) is 30.1 Å². The molecule has 9 nitrogen and oxygen atoms in total. The van der Waals surface area contributed by atoms with Crippen molar-refractivity contribution in [3.63, 3.8) is 0 Å². The fourth-order valence-corrected chi connectivity index (χ4v) is 4.13. The first-order valence-corrected chi connectivity index (χ1v) is 10.3. The number of urea groups is 1. The Morgan fingerprint density at radius 1 is 1.10 bits per heavy atom. The van der Waals surface area contributed by atoms with Gasteiger partial charge >= 0.3 is 6.03 Å². The van der Waals surface area contributed by atoms with Crippen LogP contribution < -0.4 is 16.4 Å². The Kier molecular flexibility index (Phi) is 7.40. The van der Waals surface area contributed by atoms with E-state index < -0.39 is 6.03 Å². The minimum absolute atomic E-state index is 0.00751. The molecule has 1 atom stereocenters. The van der Waals surface area contributed by atoms with Crippen LogP contribution in [0.4, 0.5) is 4.79 Å². The van der Waals surface area contributed by atoms with Crippen LogP contribution in [0.1, 0.15) is 31.4 Å². The number of primary amides is 1. The normalized spacial score (nSPS) is 20.8.